The van der Waals surface area contributed by atoms with Crippen LogP contribution in [0.1, 0.15) is 0 Å². The van der Waals surface area contributed by atoms with E-state index in [9.17, 15) is 0 Å². The first-order valence-electron chi connectivity index (χ1n) is 2.83. The van der Waals surface area contributed by atoms with Crippen molar-refractivity contribution in [2.24, 2.45) is 0 Å². The molecule has 1 rings (SSSR count). The molecule has 0 heterocycles. The molecule has 0 unspecified atom stereocenters. The molecule has 4 heteroatoms. The average molecular weight is 439 g/mol. The Morgan fingerprint density at radius 1 is 1.27 bits per heavy atom. The van der Waals surface area contributed by atoms with Gasteiger partial charge in [0.05, 0.1) is 10.7 Å². The molecule has 0 aliphatic heterocycles. The van der Waals surface area contributed by atoms with Crippen molar-refractivity contribution in [1.82, 2.24) is 0 Å². The summed E-state index contributed by atoms with van der Waals surface area (Å²) in [5.74, 6) is 0.915. The van der Waals surface area contributed by atoms with Crippen LogP contribution in [0, 0.1) is 7.14 Å². The van der Waals surface area contributed by atoms with Crippen molar-refractivity contribution >= 4 is 61.1 Å². The number of hydrogen-bond donors (Lipinski definition) is 0. The fraction of sp³-hybridized carbons (Fsp3) is 0.143. The third-order valence-corrected chi connectivity index (χ3v) is 4.33. The summed E-state index contributed by atoms with van der Waals surface area (Å²) in [6.07, 6.45) is 0. The molecule has 0 aromatic heterocycles. The summed E-state index contributed by atoms with van der Waals surface area (Å²) < 4.78 is 8.56. The standard InChI is InChI=1S/C7H5BrI2O/c1-11-7-2-4(8)5(9)3-6(7)10/h2-3H,1H3. The fourth-order valence-corrected chi connectivity index (χ4v) is 2.73. The second-order valence-electron chi connectivity index (χ2n) is 1.90. The first-order chi connectivity index (χ1) is 5.15. The monoisotopic (exact) mass is 438 g/mol. The lowest BCUT2D eigenvalue weighted by Gasteiger charge is -2.04. The third kappa shape index (κ3) is 2.45. The summed E-state index contributed by atoms with van der Waals surface area (Å²) in [7, 11) is 1.68. The molecule has 0 spiro atoms. The molecular weight excluding hydrogens is 434 g/mol. The smallest absolute Gasteiger partial charge is 0.133 e. The molecule has 0 amide bonds. The van der Waals surface area contributed by atoms with Crippen molar-refractivity contribution < 1.29 is 4.74 Å². The van der Waals surface area contributed by atoms with E-state index >= 15 is 0 Å². The Kier molecular flexibility index (Phi) is 3.90. The van der Waals surface area contributed by atoms with E-state index in [0.29, 0.717) is 0 Å². The predicted octanol–water partition coefficient (Wildman–Crippen LogP) is 3.67. The second kappa shape index (κ2) is 4.27. The molecule has 0 saturated carbocycles. The normalized spacial score (nSPS) is 9.82. The highest BCUT2D eigenvalue weighted by atomic mass is 127. The van der Waals surface area contributed by atoms with Crippen molar-refractivity contribution in [1.29, 1.82) is 0 Å². The summed E-state index contributed by atoms with van der Waals surface area (Å²) >= 11 is 7.96. The lowest BCUT2D eigenvalue weighted by Crippen LogP contribution is -1.87. The van der Waals surface area contributed by atoms with E-state index in [0.717, 1.165) is 13.8 Å². The van der Waals surface area contributed by atoms with Gasteiger partial charge >= 0.3 is 0 Å². The van der Waals surface area contributed by atoms with E-state index in [2.05, 4.69) is 67.2 Å². The van der Waals surface area contributed by atoms with E-state index in [1.165, 1.54) is 3.57 Å². The van der Waals surface area contributed by atoms with Gasteiger partial charge in [0.1, 0.15) is 5.75 Å². The van der Waals surface area contributed by atoms with Crippen LogP contribution >= 0.6 is 61.1 Å². The van der Waals surface area contributed by atoms with Crippen molar-refractivity contribution in [3.05, 3.63) is 23.7 Å². The van der Waals surface area contributed by atoms with Gasteiger partial charge in [0.25, 0.3) is 0 Å². The van der Waals surface area contributed by atoms with Crippen LogP contribution < -0.4 is 4.74 Å². The summed E-state index contributed by atoms with van der Waals surface area (Å²) in [6, 6.07) is 4.05. The van der Waals surface area contributed by atoms with Crippen LogP contribution in [-0.2, 0) is 0 Å². The maximum atomic E-state index is 5.14. The Morgan fingerprint density at radius 3 is 2.45 bits per heavy atom. The number of methoxy groups -OCH3 is 1. The Morgan fingerprint density at radius 2 is 1.91 bits per heavy atom. The van der Waals surface area contributed by atoms with Gasteiger partial charge in [-0.15, -0.1) is 0 Å². The Bertz CT molecular complexity index is 275. The fourth-order valence-electron chi connectivity index (χ4n) is 0.661. The number of halogens is 3. The lowest BCUT2D eigenvalue weighted by atomic mass is 10.3. The molecular formula is C7H5BrI2O. The van der Waals surface area contributed by atoms with Crippen LogP contribution in [0.25, 0.3) is 0 Å². The van der Waals surface area contributed by atoms with Gasteiger partial charge in [-0.2, -0.15) is 0 Å². The molecule has 0 saturated heterocycles. The van der Waals surface area contributed by atoms with E-state index in [4.69, 9.17) is 4.74 Å². The van der Waals surface area contributed by atoms with Gasteiger partial charge < -0.3 is 4.74 Å². The van der Waals surface area contributed by atoms with Gasteiger partial charge in [-0.1, -0.05) is 0 Å². The van der Waals surface area contributed by atoms with Crippen LogP contribution in [0.15, 0.2) is 16.6 Å². The van der Waals surface area contributed by atoms with Gasteiger partial charge in [-0.3, -0.25) is 0 Å². The quantitative estimate of drug-likeness (QED) is 0.480. The van der Waals surface area contributed by atoms with Crippen molar-refractivity contribution in [2.75, 3.05) is 7.11 Å². The molecule has 0 radical (unpaired) electrons. The van der Waals surface area contributed by atoms with Crippen LogP contribution in [-0.4, -0.2) is 7.11 Å². The highest BCUT2D eigenvalue weighted by Gasteiger charge is 2.03. The molecule has 60 valence electrons. The van der Waals surface area contributed by atoms with Gasteiger partial charge in [0.2, 0.25) is 0 Å². The first-order valence-corrected chi connectivity index (χ1v) is 5.78. The molecule has 0 aliphatic rings. The van der Waals surface area contributed by atoms with Gasteiger partial charge in [-0.05, 0) is 73.2 Å². The average Bonchev–Trinajstić information content (AvgIpc) is 1.97. The minimum absolute atomic E-state index is 0.915. The predicted molar refractivity (Wildman–Crippen MR) is 66.1 cm³/mol. The van der Waals surface area contributed by atoms with E-state index < -0.39 is 0 Å². The maximum absolute atomic E-state index is 5.14. The third-order valence-electron chi connectivity index (χ3n) is 1.19. The van der Waals surface area contributed by atoms with Crippen LogP contribution in [0.5, 0.6) is 5.75 Å². The molecule has 0 aliphatic carbocycles. The minimum Gasteiger partial charge on any atom is -0.496 e. The SMILES string of the molecule is COc1cc(Br)c(I)cc1I. The summed E-state index contributed by atoms with van der Waals surface area (Å²) in [6.45, 7) is 0. The van der Waals surface area contributed by atoms with Crippen LogP contribution in [0.3, 0.4) is 0 Å². The van der Waals surface area contributed by atoms with Crippen LogP contribution in [0.4, 0.5) is 0 Å². The van der Waals surface area contributed by atoms with Crippen molar-refractivity contribution in [3.8, 4) is 5.75 Å². The topological polar surface area (TPSA) is 9.23 Å². The van der Waals surface area contributed by atoms with Crippen molar-refractivity contribution in [3.63, 3.8) is 0 Å². The molecule has 0 fully saturated rings. The molecule has 0 atom stereocenters. The Hall–Kier alpha value is 0.960. The molecule has 1 nitrogen and oxygen atoms in total. The van der Waals surface area contributed by atoms with E-state index in [1.807, 2.05) is 6.07 Å². The van der Waals surface area contributed by atoms with E-state index in [-0.39, 0.29) is 0 Å². The zero-order chi connectivity index (χ0) is 8.43. The Labute approximate surface area is 101 Å². The van der Waals surface area contributed by atoms with E-state index in [1.54, 1.807) is 7.11 Å². The number of hydrogen-bond acceptors (Lipinski definition) is 1. The van der Waals surface area contributed by atoms with Gasteiger partial charge in [0, 0.05) is 8.04 Å². The van der Waals surface area contributed by atoms with Gasteiger partial charge in [-0.25, -0.2) is 0 Å². The zero-order valence-corrected chi connectivity index (χ0v) is 11.6. The summed E-state index contributed by atoms with van der Waals surface area (Å²) in [5.41, 5.74) is 0. The van der Waals surface area contributed by atoms with Crippen LogP contribution in [0.2, 0.25) is 0 Å². The lowest BCUT2D eigenvalue weighted by molar-refractivity contribution is 0.411. The maximum Gasteiger partial charge on any atom is 0.133 e. The largest absolute Gasteiger partial charge is 0.496 e. The van der Waals surface area contributed by atoms with Crippen molar-refractivity contribution in [2.45, 2.75) is 0 Å². The molecule has 0 N–H and O–H groups in total. The number of benzene rings is 1. The number of rotatable bonds is 1. The second-order valence-corrected chi connectivity index (χ2v) is 5.08. The minimum atomic E-state index is 0.915. The number of ether oxygens (including phenoxy) is 1. The molecule has 0 bridgehead atoms. The highest BCUT2D eigenvalue weighted by Crippen LogP contribution is 2.29. The molecule has 11 heavy (non-hydrogen) atoms. The zero-order valence-electron chi connectivity index (χ0n) is 5.70. The first kappa shape index (κ1) is 10.0. The highest BCUT2D eigenvalue weighted by molar-refractivity contribution is 14.1. The summed E-state index contributed by atoms with van der Waals surface area (Å²) in [4.78, 5) is 0. The molecule has 1 aromatic carbocycles. The molecule has 1 aromatic rings. The van der Waals surface area contributed by atoms with Gasteiger partial charge in [0.15, 0.2) is 0 Å². The summed E-state index contributed by atoms with van der Waals surface area (Å²) in [5, 5.41) is 0. The Balaban J connectivity index is 3.21.